The van der Waals surface area contributed by atoms with Crippen molar-refractivity contribution in [1.82, 2.24) is 0 Å². The minimum atomic E-state index is -1.19. The smallest absolute Gasteiger partial charge is 0.329 e. The summed E-state index contributed by atoms with van der Waals surface area (Å²) in [5, 5.41) is 15.0. The summed E-state index contributed by atoms with van der Waals surface area (Å²) in [7, 11) is 0. The maximum absolute atomic E-state index is 9.12. The highest BCUT2D eigenvalue weighted by Gasteiger charge is 1.82. The summed E-state index contributed by atoms with van der Waals surface area (Å²) in [5.74, 6) is -1.19. The quantitative estimate of drug-likeness (QED) is 0.630. The standard InChI is InChI=1S/C7H16.C2H4O3/c1-3-5-7-6-4-2;3-1-2(4)5/h3-7H2,1-2H3;3H,1H2,(H,4,5). The van der Waals surface area contributed by atoms with E-state index in [0.29, 0.717) is 0 Å². The number of rotatable bonds is 5. The van der Waals surface area contributed by atoms with Crippen LogP contribution in [0.15, 0.2) is 0 Å². The third-order valence-corrected chi connectivity index (χ3v) is 1.34. The number of carboxylic acid groups (broad SMARTS) is 1. The molecule has 0 aliphatic heterocycles. The van der Waals surface area contributed by atoms with E-state index >= 15 is 0 Å². The van der Waals surface area contributed by atoms with Crippen molar-refractivity contribution in [3.63, 3.8) is 0 Å². The van der Waals surface area contributed by atoms with Gasteiger partial charge >= 0.3 is 5.97 Å². The van der Waals surface area contributed by atoms with Crippen LogP contribution in [0.4, 0.5) is 0 Å². The molecular formula is C9H20O3. The van der Waals surface area contributed by atoms with Gasteiger partial charge in [-0.2, -0.15) is 0 Å². The molecule has 2 N–H and O–H groups in total. The second kappa shape index (κ2) is 13.1. The van der Waals surface area contributed by atoms with Gasteiger partial charge in [0, 0.05) is 0 Å². The molecule has 0 heterocycles. The first kappa shape index (κ1) is 14.0. The fourth-order valence-electron chi connectivity index (χ4n) is 0.677. The van der Waals surface area contributed by atoms with Crippen LogP contribution in [0.25, 0.3) is 0 Å². The molecule has 0 fully saturated rings. The van der Waals surface area contributed by atoms with Crippen LogP contribution in [-0.4, -0.2) is 22.8 Å². The topological polar surface area (TPSA) is 57.5 Å². The highest BCUT2D eigenvalue weighted by atomic mass is 16.4. The highest BCUT2D eigenvalue weighted by molar-refractivity contribution is 5.67. The van der Waals surface area contributed by atoms with Crippen molar-refractivity contribution in [3.8, 4) is 0 Å². The zero-order valence-electron chi connectivity index (χ0n) is 8.05. The van der Waals surface area contributed by atoms with E-state index < -0.39 is 12.6 Å². The predicted molar refractivity (Wildman–Crippen MR) is 49.2 cm³/mol. The lowest BCUT2D eigenvalue weighted by molar-refractivity contribution is -0.140. The van der Waals surface area contributed by atoms with Crippen molar-refractivity contribution in [2.45, 2.75) is 46.0 Å². The van der Waals surface area contributed by atoms with E-state index in [-0.39, 0.29) is 0 Å². The van der Waals surface area contributed by atoms with Crippen LogP contribution in [0.2, 0.25) is 0 Å². The predicted octanol–water partition coefficient (Wildman–Crippen LogP) is 2.04. The Bertz CT molecular complexity index is 87.8. The Hall–Kier alpha value is -0.570. The molecule has 0 unspecified atom stereocenters. The van der Waals surface area contributed by atoms with Gasteiger partial charge in [0.05, 0.1) is 0 Å². The molecule has 0 radical (unpaired) electrons. The van der Waals surface area contributed by atoms with Gasteiger partial charge in [-0.25, -0.2) is 4.79 Å². The summed E-state index contributed by atoms with van der Waals surface area (Å²) in [6.45, 7) is 3.71. The third kappa shape index (κ3) is 22.7. The summed E-state index contributed by atoms with van der Waals surface area (Å²) in [4.78, 5) is 9.12. The van der Waals surface area contributed by atoms with Crippen molar-refractivity contribution in [2.75, 3.05) is 6.61 Å². The van der Waals surface area contributed by atoms with Crippen molar-refractivity contribution in [1.29, 1.82) is 0 Å². The van der Waals surface area contributed by atoms with Gasteiger partial charge in [0.2, 0.25) is 0 Å². The Labute approximate surface area is 74.4 Å². The normalized spacial score (nSPS) is 8.58. The summed E-state index contributed by atoms with van der Waals surface area (Å²) in [6, 6.07) is 0. The van der Waals surface area contributed by atoms with E-state index in [4.69, 9.17) is 15.0 Å². The van der Waals surface area contributed by atoms with E-state index in [1.165, 1.54) is 32.1 Å². The molecule has 0 aliphatic carbocycles. The Kier molecular flexibility index (Phi) is 15.2. The molecule has 12 heavy (non-hydrogen) atoms. The monoisotopic (exact) mass is 176 g/mol. The van der Waals surface area contributed by atoms with Crippen molar-refractivity contribution < 1.29 is 15.0 Å². The molecule has 0 aromatic rings. The van der Waals surface area contributed by atoms with Gasteiger partial charge in [-0.1, -0.05) is 46.0 Å². The number of carboxylic acids is 1. The van der Waals surface area contributed by atoms with Gasteiger partial charge < -0.3 is 10.2 Å². The van der Waals surface area contributed by atoms with Crippen LogP contribution in [0.3, 0.4) is 0 Å². The molecule has 3 heteroatoms. The number of hydrogen-bond acceptors (Lipinski definition) is 2. The summed E-state index contributed by atoms with van der Waals surface area (Å²) in [5.41, 5.74) is 0. The minimum Gasteiger partial charge on any atom is -0.480 e. The van der Waals surface area contributed by atoms with Crippen molar-refractivity contribution in [3.05, 3.63) is 0 Å². The first-order valence-corrected chi connectivity index (χ1v) is 4.51. The van der Waals surface area contributed by atoms with Crippen LogP contribution in [0.5, 0.6) is 0 Å². The zero-order valence-corrected chi connectivity index (χ0v) is 8.05. The molecule has 0 saturated carbocycles. The van der Waals surface area contributed by atoms with Crippen LogP contribution >= 0.6 is 0 Å². The summed E-state index contributed by atoms with van der Waals surface area (Å²) in [6.07, 6.45) is 7.01. The van der Waals surface area contributed by atoms with Gasteiger partial charge in [-0.15, -0.1) is 0 Å². The molecule has 0 atom stereocenters. The van der Waals surface area contributed by atoms with Gasteiger partial charge in [-0.3, -0.25) is 0 Å². The molecule has 0 bridgehead atoms. The van der Waals surface area contributed by atoms with Gasteiger partial charge in [0.15, 0.2) is 0 Å². The van der Waals surface area contributed by atoms with Crippen molar-refractivity contribution >= 4 is 5.97 Å². The summed E-state index contributed by atoms with van der Waals surface area (Å²) < 4.78 is 0. The fraction of sp³-hybridized carbons (Fsp3) is 0.889. The van der Waals surface area contributed by atoms with Crippen molar-refractivity contribution in [2.24, 2.45) is 0 Å². The lowest BCUT2D eigenvalue weighted by atomic mass is 10.2. The molecule has 3 nitrogen and oxygen atoms in total. The Balaban J connectivity index is 0. The van der Waals surface area contributed by atoms with E-state index in [0.717, 1.165) is 0 Å². The Morgan fingerprint density at radius 2 is 1.42 bits per heavy atom. The highest BCUT2D eigenvalue weighted by Crippen LogP contribution is 2.00. The number of aliphatic hydroxyl groups is 1. The van der Waals surface area contributed by atoms with Crippen LogP contribution in [0.1, 0.15) is 46.0 Å². The Morgan fingerprint density at radius 3 is 1.58 bits per heavy atom. The van der Waals surface area contributed by atoms with E-state index in [1.807, 2.05) is 0 Å². The van der Waals surface area contributed by atoms with Gasteiger partial charge in [-0.05, 0) is 0 Å². The number of aliphatic hydroxyl groups excluding tert-OH is 1. The lowest BCUT2D eigenvalue weighted by Gasteiger charge is -1.90. The fourth-order valence-corrected chi connectivity index (χ4v) is 0.677. The van der Waals surface area contributed by atoms with Crippen LogP contribution in [-0.2, 0) is 4.79 Å². The number of carbonyl (C=O) groups is 1. The number of hydrogen-bond donors (Lipinski definition) is 2. The van der Waals surface area contributed by atoms with E-state index in [9.17, 15) is 0 Å². The molecule has 0 rings (SSSR count). The van der Waals surface area contributed by atoms with Crippen LogP contribution < -0.4 is 0 Å². The maximum atomic E-state index is 9.12. The third-order valence-electron chi connectivity index (χ3n) is 1.34. The molecule has 0 spiro atoms. The lowest BCUT2D eigenvalue weighted by Crippen LogP contribution is -1.98. The molecule has 0 amide bonds. The van der Waals surface area contributed by atoms with Gasteiger partial charge in [0.1, 0.15) is 6.61 Å². The molecule has 0 aromatic heterocycles. The summed E-state index contributed by atoms with van der Waals surface area (Å²) >= 11 is 0. The molecule has 0 saturated heterocycles. The first-order valence-electron chi connectivity index (χ1n) is 4.51. The van der Waals surface area contributed by atoms with E-state index in [1.54, 1.807) is 0 Å². The average Bonchev–Trinajstić information content (AvgIpc) is 2.07. The second-order valence-corrected chi connectivity index (χ2v) is 2.61. The number of unbranched alkanes of at least 4 members (excludes halogenated alkanes) is 4. The molecule has 0 aromatic carbocycles. The SMILES string of the molecule is CCCCCCC.O=C(O)CO. The first-order chi connectivity index (χ1) is 5.68. The largest absolute Gasteiger partial charge is 0.480 e. The number of aliphatic carboxylic acids is 1. The zero-order chi connectivity index (χ0) is 9.82. The minimum absolute atomic E-state index is 0.778. The molecule has 74 valence electrons. The van der Waals surface area contributed by atoms with E-state index in [2.05, 4.69) is 13.8 Å². The second-order valence-electron chi connectivity index (χ2n) is 2.61. The molecule has 0 aliphatic rings. The average molecular weight is 176 g/mol. The Morgan fingerprint density at radius 1 is 1.08 bits per heavy atom. The molecular weight excluding hydrogens is 156 g/mol. The maximum Gasteiger partial charge on any atom is 0.329 e. The van der Waals surface area contributed by atoms with Crippen LogP contribution in [0, 0.1) is 0 Å². The van der Waals surface area contributed by atoms with Gasteiger partial charge in [0.25, 0.3) is 0 Å².